The van der Waals surface area contributed by atoms with E-state index in [0.717, 1.165) is 5.56 Å². The zero-order valence-electron chi connectivity index (χ0n) is 13.0. The summed E-state index contributed by atoms with van der Waals surface area (Å²) in [6, 6.07) is 10.4. The third kappa shape index (κ3) is 6.18. The summed E-state index contributed by atoms with van der Waals surface area (Å²) in [5, 5.41) is 2.45. The first-order valence-corrected chi connectivity index (χ1v) is 8.20. The van der Waals surface area contributed by atoms with Gasteiger partial charge in [-0.25, -0.2) is 9.00 Å². The second kappa shape index (κ2) is 9.32. The maximum absolute atomic E-state index is 11.9. The summed E-state index contributed by atoms with van der Waals surface area (Å²) in [6.07, 6.45) is 2.45. The van der Waals surface area contributed by atoms with Crippen LogP contribution in [0.15, 0.2) is 53.7 Å². The molecule has 0 saturated heterocycles. The number of ether oxygens (including phenoxy) is 1. The van der Waals surface area contributed by atoms with Gasteiger partial charge in [0.25, 0.3) is 5.91 Å². The molecule has 1 aromatic carbocycles. The van der Waals surface area contributed by atoms with E-state index in [9.17, 15) is 13.8 Å². The Labute approximate surface area is 146 Å². The molecule has 0 spiro atoms. The first-order valence-electron chi connectivity index (χ1n) is 7.10. The molecule has 0 bridgehead atoms. The lowest BCUT2D eigenvalue weighted by atomic mass is 10.2. The van der Waals surface area contributed by atoms with Gasteiger partial charge >= 0.3 is 5.97 Å². The van der Waals surface area contributed by atoms with Crippen LogP contribution in [0, 0.1) is 11.8 Å². The van der Waals surface area contributed by atoms with Crippen molar-refractivity contribution in [3.63, 3.8) is 0 Å². The number of nitrogens with one attached hydrogen (secondary N) is 1. The van der Waals surface area contributed by atoms with Crippen LogP contribution in [-0.4, -0.2) is 32.2 Å². The Morgan fingerprint density at radius 3 is 2.72 bits per heavy atom. The van der Waals surface area contributed by atoms with Crippen molar-refractivity contribution in [2.45, 2.75) is 11.5 Å². The van der Waals surface area contributed by atoms with Crippen LogP contribution in [0.5, 0.6) is 0 Å². The molecule has 2 aromatic rings. The Bertz CT molecular complexity index is 843. The largest absolute Gasteiger partial charge is 0.451 e. The lowest BCUT2D eigenvalue weighted by Crippen LogP contribution is -2.24. The molecule has 2 rings (SSSR count). The number of benzene rings is 1. The summed E-state index contributed by atoms with van der Waals surface area (Å²) < 4.78 is 24.9. The molecule has 0 aliphatic carbocycles. The molecule has 0 fully saturated rings. The highest BCUT2D eigenvalue weighted by atomic mass is 32.2. The number of carbonyl (C=O) groups excluding carboxylic acids is 2. The molecule has 7 nitrogen and oxygen atoms in total. The molecule has 0 saturated carbocycles. The SMILES string of the molecule is O=C(C#CCNC(=O)c1cncc(S(=O)O)c1)OCc1ccccc1. The van der Waals surface area contributed by atoms with Crippen molar-refractivity contribution in [3.05, 3.63) is 59.9 Å². The second-order valence-electron chi connectivity index (χ2n) is 4.70. The molecule has 128 valence electrons. The summed E-state index contributed by atoms with van der Waals surface area (Å²) in [6.45, 7) is 0.0448. The van der Waals surface area contributed by atoms with Gasteiger partial charge < -0.3 is 14.6 Å². The molecule has 1 unspecified atom stereocenters. The van der Waals surface area contributed by atoms with E-state index < -0.39 is 23.0 Å². The summed E-state index contributed by atoms with van der Waals surface area (Å²) >= 11 is -2.22. The Kier molecular flexibility index (Phi) is 6.83. The van der Waals surface area contributed by atoms with Crippen LogP contribution < -0.4 is 5.32 Å². The predicted molar refractivity (Wildman–Crippen MR) is 89.6 cm³/mol. The maximum atomic E-state index is 11.9. The third-order valence-electron chi connectivity index (χ3n) is 2.92. The molecule has 1 heterocycles. The van der Waals surface area contributed by atoms with Crippen LogP contribution >= 0.6 is 0 Å². The van der Waals surface area contributed by atoms with Gasteiger partial charge in [-0.2, -0.15) is 0 Å². The number of pyridine rings is 1. The van der Waals surface area contributed by atoms with E-state index in [0.29, 0.717) is 0 Å². The lowest BCUT2D eigenvalue weighted by molar-refractivity contribution is -0.137. The molecular formula is C17H14N2O5S. The van der Waals surface area contributed by atoms with Gasteiger partial charge in [-0.15, -0.1) is 0 Å². The van der Waals surface area contributed by atoms with Crippen molar-refractivity contribution >= 4 is 23.0 Å². The number of amides is 1. The van der Waals surface area contributed by atoms with Gasteiger partial charge in [0.15, 0.2) is 11.1 Å². The van der Waals surface area contributed by atoms with Gasteiger partial charge in [0, 0.05) is 18.3 Å². The van der Waals surface area contributed by atoms with Crippen molar-refractivity contribution in [1.29, 1.82) is 0 Å². The van der Waals surface area contributed by atoms with Crippen LogP contribution in [0.2, 0.25) is 0 Å². The van der Waals surface area contributed by atoms with E-state index in [-0.39, 0.29) is 23.6 Å². The topological polar surface area (TPSA) is 106 Å². The van der Waals surface area contributed by atoms with Gasteiger partial charge in [-0.1, -0.05) is 36.3 Å². The van der Waals surface area contributed by atoms with E-state index in [2.05, 4.69) is 22.1 Å². The minimum Gasteiger partial charge on any atom is -0.451 e. The molecule has 25 heavy (non-hydrogen) atoms. The van der Waals surface area contributed by atoms with Crippen molar-refractivity contribution in [2.75, 3.05) is 6.54 Å². The highest BCUT2D eigenvalue weighted by Crippen LogP contribution is 2.05. The van der Waals surface area contributed by atoms with Crippen molar-refractivity contribution in [3.8, 4) is 11.8 Å². The van der Waals surface area contributed by atoms with Gasteiger partial charge in [0.1, 0.15) is 6.61 Å². The van der Waals surface area contributed by atoms with E-state index in [1.807, 2.05) is 30.3 Å². The van der Waals surface area contributed by atoms with Crippen LogP contribution in [0.25, 0.3) is 0 Å². The average molecular weight is 358 g/mol. The highest BCUT2D eigenvalue weighted by Gasteiger charge is 2.08. The summed E-state index contributed by atoms with van der Waals surface area (Å²) in [5.41, 5.74) is 0.966. The van der Waals surface area contributed by atoms with Crippen molar-refractivity contribution in [2.24, 2.45) is 0 Å². The van der Waals surface area contributed by atoms with Gasteiger partial charge in [-0.05, 0) is 11.6 Å². The van der Waals surface area contributed by atoms with Crippen molar-refractivity contribution < 1.29 is 23.1 Å². The monoisotopic (exact) mass is 358 g/mol. The maximum Gasteiger partial charge on any atom is 0.384 e. The molecular weight excluding hydrogens is 344 g/mol. The van der Waals surface area contributed by atoms with Gasteiger partial charge in [-0.3, -0.25) is 9.78 Å². The fraction of sp³-hybridized carbons (Fsp3) is 0.118. The first-order chi connectivity index (χ1) is 12.1. The number of aromatic nitrogens is 1. The Hall–Kier alpha value is -3.02. The number of hydrogen-bond acceptors (Lipinski definition) is 5. The van der Waals surface area contributed by atoms with Crippen LogP contribution in [0.4, 0.5) is 0 Å². The Balaban J connectivity index is 1.79. The summed E-state index contributed by atoms with van der Waals surface area (Å²) in [5.74, 6) is 3.51. The molecule has 0 aliphatic heterocycles. The number of esters is 1. The quantitative estimate of drug-likeness (QED) is 0.359. The van der Waals surface area contributed by atoms with Gasteiger partial charge in [0.2, 0.25) is 0 Å². The first kappa shape index (κ1) is 18.3. The van der Waals surface area contributed by atoms with E-state index in [4.69, 9.17) is 9.29 Å². The fourth-order valence-corrected chi connectivity index (χ4v) is 2.12. The molecule has 2 N–H and O–H groups in total. The number of rotatable bonds is 5. The standard InChI is InChI=1S/C17H14N2O5S/c20-16(24-12-13-5-2-1-3-6-13)7-4-8-19-17(21)14-9-15(25(22)23)11-18-10-14/h1-3,5-6,9-11H,8,12H2,(H,19,21)(H,22,23). The summed E-state index contributed by atoms with van der Waals surface area (Å²) in [7, 11) is 0. The predicted octanol–water partition coefficient (Wildman–Crippen LogP) is 1.14. The fourth-order valence-electron chi connectivity index (χ4n) is 1.74. The van der Waals surface area contributed by atoms with Crippen LogP contribution in [0.1, 0.15) is 15.9 Å². The molecule has 1 aromatic heterocycles. The normalized spacial score (nSPS) is 10.9. The van der Waals surface area contributed by atoms with Gasteiger partial charge in [0.05, 0.1) is 17.0 Å². The zero-order valence-corrected chi connectivity index (χ0v) is 13.8. The van der Waals surface area contributed by atoms with E-state index in [1.165, 1.54) is 18.5 Å². The number of hydrogen-bond donors (Lipinski definition) is 2. The number of nitrogens with zero attached hydrogens (tertiary/aromatic N) is 1. The molecule has 1 atom stereocenters. The molecule has 8 heteroatoms. The minimum atomic E-state index is -2.22. The van der Waals surface area contributed by atoms with Crippen molar-refractivity contribution in [1.82, 2.24) is 10.3 Å². The second-order valence-corrected chi connectivity index (χ2v) is 5.67. The van der Waals surface area contributed by atoms with Crippen LogP contribution in [-0.2, 0) is 27.2 Å². The smallest absolute Gasteiger partial charge is 0.384 e. The molecule has 0 radical (unpaired) electrons. The Morgan fingerprint density at radius 2 is 2.00 bits per heavy atom. The molecule has 0 aliphatic rings. The average Bonchev–Trinajstić information content (AvgIpc) is 2.64. The van der Waals surface area contributed by atoms with E-state index >= 15 is 0 Å². The van der Waals surface area contributed by atoms with E-state index in [1.54, 1.807) is 0 Å². The molecule has 1 amide bonds. The summed E-state index contributed by atoms with van der Waals surface area (Å²) in [4.78, 5) is 27.1. The highest BCUT2D eigenvalue weighted by molar-refractivity contribution is 7.79. The Morgan fingerprint density at radius 1 is 1.24 bits per heavy atom. The third-order valence-corrected chi connectivity index (χ3v) is 3.54. The van der Waals surface area contributed by atoms with Crippen LogP contribution in [0.3, 0.4) is 0 Å². The zero-order chi connectivity index (χ0) is 18.1. The minimum absolute atomic E-state index is 0.0169. The lowest BCUT2D eigenvalue weighted by Gasteiger charge is -2.02. The number of carbonyl (C=O) groups is 2.